The van der Waals surface area contributed by atoms with Gasteiger partial charge in [0.2, 0.25) is 0 Å². The molecule has 0 bridgehead atoms. The van der Waals surface area contributed by atoms with Gasteiger partial charge < -0.3 is 14.5 Å². The van der Waals surface area contributed by atoms with Gasteiger partial charge in [-0.05, 0) is 6.07 Å². The zero-order valence-electron chi connectivity index (χ0n) is 11.5. The highest BCUT2D eigenvalue weighted by Crippen LogP contribution is 2.25. The number of hydrogen-bond donors (Lipinski definition) is 0. The molecule has 0 unspecified atom stereocenters. The second-order valence-electron chi connectivity index (χ2n) is 4.79. The Balaban J connectivity index is 2.40. The molecule has 1 aromatic rings. The smallest absolute Gasteiger partial charge is 0.272 e. The highest BCUT2D eigenvalue weighted by molar-refractivity contribution is 5.95. The van der Waals surface area contributed by atoms with Gasteiger partial charge in [-0.15, -0.1) is 0 Å². The van der Waals surface area contributed by atoms with Crippen molar-refractivity contribution >= 4 is 17.3 Å². The van der Waals surface area contributed by atoms with Crippen molar-refractivity contribution in [3.63, 3.8) is 0 Å². The fraction of sp³-hybridized carbons (Fsp3) is 0.462. The van der Waals surface area contributed by atoms with E-state index in [2.05, 4.69) is 0 Å². The molecule has 0 aromatic heterocycles. The van der Waals surface area contributed by atoms with E-state index in [0.717, 1.165) is 0 Å². The second kappa shape index (κ2) is 5.87. The summed E-state index contributed by atoms with van der Waals surface area (Å²) in [5.74, 6) is -0.247. The van der Waals surface area contributed by atoms with Gasteiger partial charge in [0, 0.05) is 50.6 Å². The summed E-state index contributed by atoms with van der Waals surface area (Å²) in [4.78, 5) is 26.0. The van der Waals surface area contributed by atoms with Crippen molar-refractivity contribution < 1.29 is 14.5 Å². The average Bonchev–Trinajstić information content (AvgIpc) is 2.46. The molecule has 108 valence electrons. The van der Waals surface area contributed by atoms with Crippen LogP contribution >= 0.6 is 0 Å². The number of nitrogens with zero attached hydrogens (tertiary/aromatic N) is 3. The van der Waals surface area contributed by atoms with Crippen molar-refractivity contribution in [2.75, 3.05) is 45.3 Å². The SMILES string of the molecule is CN(C)C(=O)c1cc(N2CCOCC2)cc([N+](=O)[O-])c1. The number of amides is 1. The number of carbonyl (C=O) groups excluding carboxylic acids is 1. The fourth-order valence-electron chi connectivity index (χ4n) is 2.09. The Bertz CT molecular complexity index is 524. The molecule has 20 heavy (non-hydrogen) atoms. The highest BCUT2D eigenvalue weighted by Gasteiger charge is 2.19. The molecule has 1 fully saturated rings. The summed E-state index contributed by atoms with van der Waals surface area (Å²) < 4.78 is 5.26. The molecule has 0 spiro atoms. The zero-order valence-corrected chi connectivity index (χ0v) is 11.5. The predicted octanol–water partition coefficient (Wildman–Crippen LogP) is 1.13. The van der Waals surface area contributed by atoms with Crippen LogP contribution in [0.1, 0.15) is 10.4 Å². The number of nitro benzene ring substituents is 1. The van der Waals surface area contributed by atoms with Crippen LogP contribution in [-0.4, -0.2) is 56.1 Å². The summed E-state index contributed by atoms with van der Waals surface area (Å²) in [6.07, 6.45) is 0. The predicted molar refractivity (Wildman–Crippen MR) is 74.1 cm³/mol. The van der Waals surface area contributed by atoms with E-state index in [1.807, 2.05) is 4.90 Å². The zero-order chi connectivity index (χ0) is 14.7. The molecular weight excluding hydrogens is 262 g/mol. The van der Waals surface area contributed by atoms with Crippen molar-refractivity contribution in [2.45, 2.75) is 0 Å². The van der Waals surface area contributed by atoms with Crippen LogP contribution in [0.4, 0.5) is 11.4 Å². The molecule has 0 N–H and O–H groups in total. The summed E-state index contributed by atoms with van der Waals surface area (Å²) in [6.45, 7) is 2.49. The van der Waals surface area contributed by atoms with E-state index < -0.39 is 4.92 Å². The van der Waals surface area contributed by atoms with Crippen LogP contribution in [0.2, 0.25) is 0 Å². The minimum atomic E-state index is -0.476. The average molecular weight is 279 g/mol. The third kappa shape index (κ3) is 3.05. The molecule has 1 aliphatic rings. The number of carbonyl (C=O) groups is 1. The van der Waals surface area contributed by atoms with Crippen molar-refractivity contribution in [1.82, 2.24) is 4.90 Å². The van der Waals surface area contributed by atoms with E-state index >= 15 is 0 Å². The summed E-state index contributed by atoms with van der Waals surface area (Å²) in [5, 5.41) is 11.0. The van der Waals surface area contributed by atoms with Crippen LogP contribution < -0.4 is 4.90 Å². The number of morpholine rings is 1. The van der Waals surface area contributed by atoms with E-state index in [-0.39, 0.29) is 11.6 Å². The van der Waals surface area contributed by atoms with Crippen molar-refractivity contribution in [3.05, 3.63) is 33.9 Å². The lowest BCUT2D eigenvalue weighted by Crippen LogP contribution is -2.36. The van der Waals surface area contributed by atoms with Gasteiger partial charge >= 0.3 is 0 Å². The van der Waals surface area contributed by atoms with Gasteiger partial charge in [0.15, 0.2) is 0 Å². The van der Waals surface area contributed by atoms with Crippen LogP contribution in [0.15, 0.2) is 18.2 Å². The number of ether oxygens (including phenoxy) is 1. The molecule has 0 aliphatic carbocycles. The molecule has 0 saturated carbocycles. The summed E-state index contributed by atoms with van der Waals surface area (Å²) in [6, 6.07) is 4.50. The van der Waals surface area contributed by atoms with Crippen molar-refractivity contribution in [3.8, 4) is 0 Å². The maximum absolute atomic E-state index is 12.0. The largest absolute Gasteiger partial charge is 0.378 e. The lowest BCUT2D eigenvalue weighted by molar-refractivity contribution is -0.384. The first-order chi connectivity index (χ1) is 9.49. The van der Waals surface area contributed by atoms with Gasteiger partial charge in [-0.25, -0.2) is 0 Å². The Hall–Kier alpha value is -2.15. The molecule has 7 nitrogen and oxygen atoms in total. The van der Waals surface area contributed by atoms with E-state index in [1.165, 1.54) is 17.0 Å². The van der Waals surface area contributed by atoms with E-state index in [9.17, 15) is 14.9 Å². The molecule has 0 atom stereocenters. The molecule has 1 heterocycles. The third-order valence-electron chi connectivity index (χ3n) is 3.14. The quantitative estimate of drug-likeness (QED) is 0.612. The van der Waals surface area contributed by atoms with Crippen LogP contribution in [0.3, 0.4) is 0 Å². The van der Waals surface area contributed by atoms with Crippen molar-refractivity contribution in [2.24, 2.45) is 0 Å². The number of anilines is 1. The van der Waals surface area contributed by atoms with Crippen LogP contribution in [0.25, 0.3) is 0 Å². The van der Waals surface area contributed by atoms with E-state index in [1.54, 1.807) is 20.2 Å². The molecule has 1 aromatic carbocycles. The Labute approximate surface area is 116 Å². The van der Waals surface area contributed by atoms with Crippen LogP contribution in [0.5, 0.6) is 0 Å². The summed E-state index contributed by atoms with van der Waals surface area (Å²) in [5.41, 5.74) is 0.942. The fourth-order valence-corrected chi connectivity index (χ4v) is 2.09. The second-order valence-corrected chi connectivity index (χ2v) is 4.79. The Morgan fingerprint density at radius 1 is 1.30 bits per heavy atom. The number of benzene rings is 1. The Morgan fingerprint density at radius 2 is 1.95 bits per heavy atom. The topological polar surface area (TPSA) is 75.9 Å². The van der Waals surface area contributed by atoms with E-state index in [4.69, 9.17) is 4.74 Å². The molecule has 0 radical (unpaired) electrons. The van der Waals surface area contributed by atoms with Crippen LogP contribution in [0, 0.1) is 10.1 Å². The third-order valence-corrected chi connectivity index (χ3v) is 3.14. The molecule has 2 rings (SSSR count). The first-order valence-electron chi connectivity index (χ1n) is 6.33. The summed E-state index contributed by atoms with van der Waals surface area (Å²) >= 11 is 0. The molecule has 7 heteroatoms. The van der Waals surface area contributed by atoms with E-state index in [0.29, 0.717) is 37.6 Å². The minimum Gasteiger partial charge on any atom is -0.378 e. The normalized spacial score (nSPS) is 15.0. The van der Waals surface area contributed by atoms with Gasteiger partial charge in [0.25, 0.3) is 11.6 Å². The van der Waals surface area contributed by atoms with Gasteiger partial charge in [0.05, 0.1) is 18.1 Å². The molecular formula is C13H17N3O4. The molecule has 1 aliphatic heterocycles. The standard InChI is InChI=1S/C13H17N3O4/c1-14(2)13(17)10-7-11(9-12(8-10)16(18)19)15-3-5-20-6-4-15/h7-9H,3-6H2,1-2H3. The maximum atomic E-state index is 12.0. The number of rotatable bonds is 3. The van der Waals surface area contributed by atoms with Gasteiger partial charge in [-0.2, -0.15) is 0 Å². The monoisotopic (exact) mass is 279 g/mol. The minimum absolute atomic E-state index is 0.0702. The van der Waals surface area contributed by atoms with Gasteiger partial charge in [-0.1, -0.05) is 0 Å². The number of nitro groups is 1. The summed E-state index contributed by atoms with van der Waals surface area (Å²) in [7, 11) is 3.24. The molecule has 1 amide bonds. The highest BCUT2D eigenvalue weighted by atomic mass is 16.6. The molecule has 1 saturated heterocycles. The van der Waals surface area contributed by atoms with Crippen molar-refractivity contribution in [1.29, 1.82) is 0 Å². The Kier molecular flexibility index (Phi) is 4.19. The van der Waals surface area contributed by atoms with Gasteiger partial charge in [-0.3, -0.25) is 14.9 Å². The lowest BCUT2D eigenvalue weighted by atomic mass is 10.1. The lowest BCUT2D eigenvalue weighted by Gasteiger charge is -2.29. The number of non-ortho nitro benzene ring substituents is 1. The Morgan fingerprint density at radius 3 is 2.50 bits per heavy atom. The van der Waals surface area contributed by atoms with Gasteiger partial charge in [0.1, 0.15) is 0 Å². The maximum Gasteiger partial charge on any atom is 0.272 e. The van der Waals surface area contributed by atoms with Crippen LogP contribution in [-0.2, 0) is 4.74 Å². The first-order valence-corrected chi connectivity index (χ1v) is 6.33. The first kappa shape index (κ1) is 14.3. The number of hydrogen-bond acceptors (Lipinski definition) is 5.